The lowest BCUT2D eigenvalue weighted by atomic mass is 10.1. The second-order valence-electron chi connectivity index (χ2n) is 6.12. The minimum Gasteiger partial charge on any atom is -0.339 e. The summed E-state index contributed by atoms with van der Waals surface area (Å²) in [5, 5.41) is 3.54. The van der Waals surface area contributed by atoms with Gasteiger partial charge in [0.25, 0.3) is 0 Å². The van der Waals surface area contributed by atoms with Crippen molar-refractivity contribution in [3.8, 4) is 0 Å². The highest BCUT2D eigenvalue weighted by Gasteiger charge is 2.46. The normalized spacial score (nSPS) is 23.6. The monoisotopic (exact) mass is 335 g/mol. The highest BCUT2D eigenvalue weighted by Crippen LogP contribution is 2.50. The lowest BCUT2D eigenvalue weighted by Gasteiger charge is -2.34. The molecular weight excluding hydrogens is 314 g/mol. The first-order valence-electron chi connectivity index (χ1n) is 8.17. The van der Waals surface area contributed by atoms with E-state index in [4.69, 9.17) is 11.6 Å². The summed E-state index contributed by atoms with van der Waals surface area (Å²) in [4.78, 5) is 28.1. The van der Waals surface area contributed by atoms with Crippen LogP contribution in [0.3, 0.4) is 0 Å². The molecule has 3 amide bonds. The maximum Gasteiger partial charge on any atom is 0.317 e. The fourth-order valence-electron chi connectivity index (χ4n) is 3.21. The molecule has 0 spiro atoms. The largest absolute Gasteiger partial charge is 0.339 e. The van der Waals surface area contributed by atoms with Crippen LogP contribution in [0.2, 0.25) is 5.02 Å². The Labute approximate surface area is 141 Å². The molecular formula is C17H22ClN3O2. The van der Waals surface area contributed by atoms with Crippen LogP contribution in [-0.4, -0.2) is 54.5 Å². The van der Waals surface area contributed by atoms with Gasteiger partial charge in [-0.2, -0.15) is 0 Å². The number of halogens is 1. The third kappa shape index (κ3) is 3.44. The minimum absolute atomic E-state index is 0.0417. The van der Waals surface area contributed by atoms with E-state index in [9.17, 15) is 9.59 Å². The van der Waals surface area contributed by atoms with E-state index in [-0.39, 0.29) is 23.8 Å². The van der Waals surface area contributed by atoms with Crippen molar-refractivity contribution in [3.63, 3.8) is 0 Å². The van der Waals surface area contributed by atoms with Gasteiger partial charge < -0.3 is 15.1 Å². The number of hydrogen-bond acceptors (Lipinski definition) is 2. The predicted molar refractivity (Wildman–Crippen MR) is 89.5 cm³/mol. The number of piperazine rings is 1. The Kier molecular flexibility index (Phi) is 4.76. The van der Waals surface area contributed by atoms with Crippen molar-refractivity contribution in [2.75, 3.05) is 32.7 Å². The van der Waals surface area contributed by atoms with Gasteiger partial charge >= 0.3 is 6.03 Å². The van der Waals surface area contributed by atoms with Gasteiger partial charge in [0.1, 0.15) is 0 Å². The standard InChI is InChI=1S/C17H22ClN3O2/c1-2-19-17(23)21-9-7-20(8-10-21)16(22)14-11-13(14)12-5-3-4-6-15(12)18/h3-6,13-14H,2,7-11H2,1H3,(H,19,23). The van der Waals surface area contributed by atoms with Crippen LogP contribution in [-0.2, 0) is 4.79 Å². The molecule has 1 heterocycles. The van der Waals surface area contributed by atoms with E-state index in [2.05, 4.69) is 5.32 Å². The van der Waals surface area contributed by atoms with Gasteiger partial charge in [0, 0.05) is 43.7 Å². The number of amides is 3. The average molecular weight is 336 g/mol. The molecule has 1 aliphatic carbocycles. The average Bonchev–Trinajstić information content (AvgIpc) is 3.35. The van der Waals surface area contributed by atoms with Crippen molar-refractivity contribution in [1.82, 2.24) is 15.1 Å². The summed E-state index contributed by atoms with van der Waals surface area (Å²) < 4.78 is 0. The summed E-state index contributed by atoms with van der Waals surface area (Å²) in [5.74, 6) is 0.494. The van der Waals surface area contributed by atoms with E-state index >= 15 is 0 Å². The minimum atomic E-state index is -0.0417. The molecule has 5 nitrogen and oxygen atoms in total. The lowest BCUT2D eigenvalue weighted by Crippen LogP contribution is -2.53. The first-order chi connectivity index (χ1) is 11.1. The van der Waals surface area contributed by atoms with E-state index in [0.717, 1.165) is 17.0 Å². The number of hydrogen-bond donors (Lipinski definition) is 1. The second-order valence-corrected chi connectivity index (χ2v) is 6.53. The molecule has 1 saturated carbocycles. The van der Waals surface area contributed by atoms with Crippen molar-refractivity contribution < 1.29 is 9.59 Å². The molecule has 1 aromatic rings. The van der Waals surface area contributed by atoms with Crippen LogP contribution in [0.25, 0.3) is 0 Å². The molecule has 1 aromatic carbocycles. The summed E-state index contributed by atoms with van der Waals surface area (Å²) in [6.07, 6.45) is 0.874. The number of urea groups is 1. The van der Waals surface area contributed by atoms with Crippen LogP contribution in [0.5, 0.6) is 0 Å². The molecule has 2 atom stereocenters. The Balaban J connectivity index is 1.53. The lowest BCUT2D eigenvalue weighted by molar-refractivity contribution is -0.134. The number of carbonyl (C=O) groups is 2. The van der Waals surface area contributed by atoms with E-state index in [1.807, 2.05) is 36.1 Å². The molecule has 0 bridgehead atoms. The third-order valence-electron chi connectivity index (χ3n) is 4.62. The van der Waals surface area contributed by atoms with Crippen molar-refractivity contribution >= 4 is 23.5 Å². The molecule has 6 heteroatoms. The Morgan fingerprint density at radius 3 is 2.48 bits per heavy atom. The van der Waals surface area contributed by atoms with Gasteiger partial charge in [-0.25, -0.2) is 4.79 Å². The van der Waals surface area contributed by atoms with Crippen molar-refractivity contribution in [2.24, 2.45) is 5.92 Å². The van der Waals surface area contributed by atoms with Crippen LogP contribution in [0.1, 0.15) is 24.8 Å². The number of benzene rings is 1. The van der Waals surface area contributed by atoms with Crippen LogP contribution >= 0.6 is 11.6 Å². The molecule has 1 N–H and O–H groups in total. The van der Waals surface area contributed by atoms with Crippen LogP contribution < -0.4 is 5.32 Å². The smallest absolute Gasteiger partial charge is 0.317 e. The van der Waals surface area contributed by atoms with Gasteiger partial charge in [-0.1, -0.05) is 29.8 Å². The Hall–Kier alpha value is -1.75. The molecule has 1 saturated heterocycles. The fourth-order valence-corrected chi connectivity index (χ4v) is 3.49. The van der Waals surface area contributed by atoms with E-state index < -0.39 is 0 Å². The van der Waals surface area contributed by atoms with E-state index in [0.29, 0.717) is 32.7 Å². The Morgan fingerprint density at radius 2 is 1.83 bits per heavy atom. The molecule has 0 aromatic heterocycles. The van der Waals surface area contributed by atoms with Gasteiger partial charge in [0.2, 0.25) is 5.91 Å². The molecule has 1 aliphatic heterocycles. The molecule has 3 rings (SSSR count). The van der Waals surface area contributed by atoms with Crippen LogP contribution in [0, 0.1) is 5.92 Å². The van der Waals surface area contributed by atoms with Gasteiger partial charge in [-0.05, 0) is 30.9 Å². The fraction of sp³-hybridized carbons (Fsp3) is 0.529. The first-order valence-corrected chi connectivity index (χ1v) is 8.55. The molecule has 2 aliphatic rings. The molecule has 124 valence electrons. The summed E-state index contributed by atoms with van der Waals surface area (Å²) in [5.41, 5.74) is 1.08. The van der Waals surface area contributed by atoms with Gasteiger partial charge in [0.05, 0.1) is 0 Å². The van der Waals surface area contributed by atoms with Crippen molar-refractivity contribution in [3.05, 3.63) is 34.9 Å². The molecule has 2 fully saturated rings. The quantitative estimate of drug-likeness (QED) is 0.921. The Morgan fingerprint density at radius 1 is 1.17 bits per heavy atom. The first kappa shape index (κ1) is 16.1. The number of nitrogens with one attached hydrogen (secondary N) is 1. The van der Waals surface area contributed by atoms with Crippen molar-refractivity contribution in [2.45, 2.75) is 19.3 Å². The molecule has 23 heavy (non-hydrogen) atoms. The van der Waals surface area contributed by atoms with E-state index in [1.165, 1.54) is 0 Å². The van der Waals surface area contributed by atoms with Gasteiger partial charge in [-0.3, -0.25) is 4.79 Å². The topological polar surface area (TPSA) is 52.7 Å². The maximum atomic E-state index is 12.6. The molecule has 0 radical (unpaired) electrons. The SMILES string of the molecule is CCNC(=O)N1CCN(C(=O)C2CC2c2ccccc2Cl)CC1. The van der Waals surface area contributed by atoms with Gasteiger partial charge in [0.15, 0.2) is 0 Å². The Bertz CT molecular complexity index is 599. The molecule has 2 unspecified atom stereocenters. The second kappa shape index (κ2) is 6.79. The highest BCUT2D eigenvalue weighted by atomic mass is 35.5. The van der Waals surface area contributed by atoms with Gasteiger partial charge in [-0.15, -0.1) is 0 Å². The zero-order valence-electron chi connectivity index (χ0n) is 13.3. The summed E-state index contributed by atoms with van der Waals surface area (Å²) >= 11 is 6.22. The number of carbonyl (C=O) groups excluding carboxylic acids is 2. The predicted octanol–water partition coefficient (Wildman–Crippen LogP) is 2.32. The van der Waals surface area contributed by atoms with Crippen LogP contribution in [0.4, 0.5) is 4.79 Å². The van der Waals surface area contributed by atoms with E-state index in [1.54, 1.807) is 4.90 Å². The zero-order chi connectivity index (χ0) is 16.4. The number of nitrogens with zero attached hydrogens (tertiary/aromatic N) is 2. The highest BCUT2D eigenvalue weighted by molar-refractivity contribution is 6.31. The summed E-state index contributed by atoms with van der Waals surface area (Å²) in [6.45, 7) is 4.95. The zero-order valence-corrected chi connectivity index (χ0v) is 14.1. The number of rotatable bonds is 3. The van der Waals surface area contributed by atoms with Crippen molar-refractivity contribution in [1.29, 1.82) is 0 Å². The third-order valence-corrected chi connectivity index (χ3v) is 4.96. The summed E-state index contributed by atoms with van der Waals surface area (Å²) in [6, 6.07) is 7.72. The summed E-state index contributed by atoms with van der Waals surface area (Å²) in [7, 11) is 0. The maximum absolute atomic E-state index is 12.6. The van der Waals surface area contributed by atoms with Crippen LogP contribution in [0.15, 0.2) is 24.3 Å².